The number of ether oxygens (including phenoxy) is 3. The Morgan fingerprint density at radius 1 is 1.00 bits per heavy atom. The van der Waals surface area contributed by atoms with Gasteiger partial charge in [0.05, 0.1) is 21.3 Å². The van der Waals surface area contributed by atoms with Gasteiger partial charge in [0.1, 0.15) is 11.6 Å². The summed E-state index contributed by atoms with van der Waals surface area (Å²) in [5.74, 6) is 0.0421. The van der Waals surface area contributed by atoms with Gasteiger partial charge in [0.25, 0.3) is 0 Å². The number of nitrogens with zero attached hydrogens (tertiary/aromatic N) is 1. The van der Waals surface area contributed by atoms with Crippen molar-refractivity contribution in [2.24, 2.45) is 0 Å². The number of hydrogen-bond donors (Lipinski definition) is 0. The highest BCUT2D eigenvalue weighted by atomic mass is 19.1. The van der Waals surface area contributed by atoms with Gasteiger partial charge in [-0.2, -0.15) is 0 Å². The predicted octanol–water partition coefficient (Wildman–Crippen LogP) is 3.58. The molecule has 0 fully saturated rings. The Bertz CT molecular complexity index is 786. The van der Waals surface area contributed by atoms with Crippen molar-refractivity contribution in [1.82, 2.24) is 4.90 Å². The molecule has 0 spiro atoms. The largest absolute Gasteiger partial charge is 0.493 e. The Morgan fingerprint density at radius 3 is 2.15 bits per heavy atom. The van der Waals surface area contributed by atoms with Crippen LogP contribution in [-0.2, 0) is 17.8 Å². The maximum absolute atomic E-state index is 13.7. The number of halogens is 2. The third-order valence-electron chi connectivity index (χ3n) is 4.20. The number of hydrogen-bond acceptors (Lipinski definition) is 4. The first-order chi connectivity index (χ1) is 12.9. The normalized spacial score (nSPS) is 10.4. The molecule has 2 rings (SSSR count). The van der Waals surface area contributed by atoms with E-state index < -0.39 is 11.6 Å². The highest BCUT2D eigenvalue weighted by Crippen LogP contribution is 2.38. The molecule has 0 aliphatic carbocycles. The van der Waals surface area contributed by atoms with Crippen molar-refractivity contribution >= 4 is 5.91 Å². The van der Waals surface area contributed by atoms with Crippen LogP contribution < -0.4 is 14.2 Å². The van der Waals surface area contributed by atoms with E-state index in [-0.39, 0.29) is 24.4 Å². The topological polar surface area (TPSA) is 48.0 Å². The van der Waals surface area contributed by atoms with Gasteiger partial charge in [0.15, 0.2) is 11.5 Å². The molecule has 0 aliphatic heterocycles. The van der Waals surface area contributed by atoms with Crippen molar-refractivity contribution in [3.8, 4) is 17.2 Å². The number of carbonyl (C=O) groups excluding carboxylic acids is 1. The van der Waals surface area contributed by atoms with Crippen molar-refractivity contribution < 1.29 is 27.8 Å². The highest BCUT2D eigenvalue weighted by molar-refractivity contribution is 5.76. The van der Waals surface area contributed by atoms with Crippen LogP contribution in [0.2, 0.25) is 0 Å². The first-order valence-corrected chi connectivity index (χ1v) is 8.36. The van der Waals surface area contributed by atoms with Crippen LogP contribution in [0, 0.1) is 11.6 Å². The molecule has 0 heterocycles. The zero-order chi connectivity index (χ0) is 20.0. The Kier molecular flexibility index (Phi) is 6.98. The van der Waals surface area contributed by atoms with Crippen LogP contribution in [0.5, 0.6) is 17.2 Å². The second-order valence-corrected chi connectivity index (χ2v) is 6.02. The van der Waals surface area contributed by atoms with E-state index in [1.54, 1.807) is 19.2 Å². The number of amides is 1. The third-order valence-corrected chi connectivity index (χ3v) is 4.20. The first kappa shape index (κ1) is 20.5. The van der Waals surface area contributed by atoms with Crippen molar-refractivity contribution in [1.29, 1.82) is 0 Å². The van der Waals surface area contributed by atoms with Gasteiger partial charge in [-0.25, -0.2) is 8.78 Å². The molecule has 2 aromatic rings. The lowest BCUT2D eigenvalue weighted by molar-refractivity contribution is -0.130. The van der Waals surface area contributed by atoms with Gasteiger partial charge < -0.3 is 19.1 Å². The minimum atomic E-state index is -0.667. The quantitative estimate of drug-likeness (QED) is 0.703. The molecule has 0 aliphatic rings. The Morgan fingerprint density at radius 2 is 1.63 bits per heavy atom. The molecule has 0 radical (unpaired) electrons. The first-order valence-electron chi connectivity index (χ1n) is 8.36. The Hall–Kier alpha value is -2.83. The third kappa shape index (κ3) is 5.09. The van der Waals surface area contributed by atoms with E-state index in [1.807, 2.05) is 0 Å². The van der Waals surface area contributed by atoms with Crippen LogP contribution in [0.25, 0.3) is 0 Å². The molecule has 0 bridgehead atoms. The van der Waals surface area contributed by atoms with E-state index >= 15 is 0 Å². The van der Waals surface area contributed by atoms with Crippen LogP contribution in [0.15, 0.2) is 30.3 Å². The average Bonchev–Trinajstić information content (AvgIpc) is 2.66. The van der Waals surface area contributed by atoms with Gasteiger partial charge in [0.2, 0.25) is 11.7 Å². The standard InChI is InChI=1S/C20H23F2NO4/c1-23(12-14-6-7-15(21)11-16(14)22)19(24)8-5-13-9-17(25-2)20(27-4)18(10-13)26-3/h6-7,9-11H,5,8,12H2,1-4H3. The molecule has 0 saturated carbocycles. The van der Waals surface area contributed by atoms with Gasteiger partial charge in [-0.15, -0.1) is 0 Å². The molecule has 2 aromatic carbocycles. The fraction of sp³-hybridized carbons (Fsp3) is 0.350. The molecule has 1 amide bonds. The van der Waals surface area contributed by atoms with Gasteiger partial charge in [-0.1, -0.05) is 6.07 Å². The summed E-state index contributed by atoms with van der Waals surface area (Å²) in [6.07, 6.45) is 0.670. The molecule has 0 atom stereocenters. The van der Waals surface area contributed by atoms with Crippen molar-refractivity contribution in [2.75, 3.05) is 28.4 Å². The maximum Gasteiger partial charge on any atom is 0.222 e. The summed E-state index contributed by atoms with van der Waals surface area (Å²) in [5, 5.41) is 0. The second-order valence-electron chi connectivity index (χ2n) is 6.02. The SMILES string of the molecule is COc1cc(CCC(=O)N(C)Cc2ccc(F)cc2F)cc(OC)c1OC. The molecule has 0 unspecified atom stereocenters. The Labute approximate surface area is 157 Å². The average molecular weight is 379 g/mol. The molecule has 27 heavy (non-hydrogen) atoms. The molecule has 0 aromatic heterocycles. The highest BCUT2D eigenvalue weighted by Gasteiger charge is 2.16. The smallest absolute Gasteiger partial charge is 0.222 e. The number of aryl methyl sites for hydroxylation is 1. The molecule has 146 valence electrons. The monoisotopic (exact) mass is 379 g/mol. The fourth-order valence-corrected chi connectivity index (χ4v) is 2.72. The summed E-state index contributed by atoms with van der Waals surface area (Å²) in [5.41, 5.74) is 1.11. The van der Waals surface area contributed by atoms with Crippen LogP contribution >= 0.6 is 0 Å². The minimum absolute atomic E-state index is 0.0696. The Balaban J connectivity index is 2.04. The van der Waals surface area contributed by atoms with E-state index in [0.717, 1.165) is 11.6 Å². The van der Waals surface area contributed by atoms with Crippen molar-refractivity contribution in [3.63, 3.8) is 0 Å². The van der Waals surface area contributed by atoms with Gasteiger partial charge in [0, 0.05) is 31.6 Å². The van der Waals surface area contributed by atoms with Crippen molar-refractivity contribution in [3.05, 3.63) is 53.1 Å². The lowest BCUT2D eigenvalue weighted by Crippen LogP contribution is -2.26. The zero-order valence-corrected chi connectivity index (χ0v) is 15.8. The summed E-state index contributed by atoms with van der Waals surface area (Å²) in [6.45, 7) is 0.0696. The van der Waals surface area contributed by atoms with Crippen LogP contribution in [0.3, 0.4) is 0 Å². The van der Waals surface area contributed by atoms with E-state index in [2.05, 4.69) is 0 Å². The minimum Gasteiger partial charge on any atom is -0.493 e. The van der Waals surface area contributed by atoms with Crippen molar-refractivity contribution in [2.45, 2.75) is 19.4 Å². The second kappa shape index (κ2) is 9.21. The van der Waals surface area contributed by atoms with E-state index in [1.165, 1.54) is 38.4 Å². The molecule has 0 N–H and O–H groups in total. The lowest BCUT2D eigenvalue weighted by atomic mass is 10.1. The van der Waals surface area contributed by atoms with E-state index in [0.29, 0.717) is 23.7 Å². The van der Waals surface area contributed by atoms with Crippen LogP contribution in [0.4, 0.5) is 8.78 Å². The lowest BCUT2D eigenvalue weighted by Gasteiger charge is -2.18. The summed E-state index contributed by atoms with van der Waals surface area (Å²) >= 11 is 0. The zero-order valence-electron chi connectivity index (χ0n) is 15.8. The fourth-order valence-electron chi connectivity index (χ4n) is 2.72. The van der Waals surface area contributed by atoms with Gasteiger partial charge >= 0.3 is 0 Å². The molecule has 0 saturated heterocycles. The summed E-state index contributed by atoms with van der Waals surface area (Å²) in [7, 11) is 6.15. The van der Waals surface area contributed by atoms with E-state index in [4.69, 9.17) is 14.2 Å². The molecule has 5 nitrogen and oxygen atoms in total. The molecule has 7 heteroatoms. The van der Waals surface area contributed by atoms with Crippen LogP contribution in [0.1, 0.15) is 17.5 Å². The number of methoxy groups -OCH3 is 3. The predicted molar refractivity (Wildman–Crippen MR) is 97.3 cm³/mol. The number of carbonyl (C=O) groups is 1. The van der Waals surface area contributed by atoms with E-state index in [9.17, 15) is 13.6 Å². The molecular formula is C20H23F2NO4. The van der Waals surface area contributed by atoms with Gasteiger partial charge in [-0.3, -0.25) is 4.79 Å². The number of rotatable bonds is 8. The number of benzene rings is 2. The molecular weight excluding hydrogens is 356 g/mol. The summed E-state index contributed by atoms with van der Waals surface area (Å²) in [6, 6.07) is 6.90. The summed E-state index contributed by atoms with van der Waals surface area (Å²) in [4.78, 5) is 13.8. The summed E-state index contributed by atoms with van der Waals surface area (Å²) < 4.78 is 42.6. The van der Waals surface area contributed by atoms with Crippen LogP contribution in [-0.4, -0.2) is 39.2 Å². The maximum atomic E-state index is 13.7. The van der Waals surface area contributed by atoms with Gasteiger partial charge in [-0.05, 0) is 30.2 Å².